The van der Waals surface area contributed by atoms with Crippen LogP contribution in [0.5, 0.6) is 0 Å². The lowest BCUT2D eigenvalue weighted by atomic mass is 9.96. The Bertz CT molecular complexity index is 1130. The highest BCUT2D eigenvalue weighted by Gasteiger charge is 2.28. The number of hydrogen-bond donors (Lipinski definition) is 1. The van der Waals surface area contributed by atoms with Gasteiger partial charge in [0.05, 0.1) is 24.0 Å². The van der Waals surface area contributed by atoms with Crippen LogP contribution < -0.4 is 15.1 Å². The number of oxazole rings is 1. The fraction of sp³-hybridized carbons (Fsp3) is 0.400. The second kappa shape index (κ2) is 9.13. The third-order valence-electron chi connectivity index (χ3n) is 6.54. The van der Waals surface area contributed by atoms with E-state index in [0.29, 0.717) is 43.2 Å². The molecule has 1 aromatic heterocycles. The minimum atomic E-state index is -0.412. The van der Waals surface area contributed by atoms with Gasteiger partial charge in [-0.2, -0.15) is 4.98 Å². The molecule has 2 saturated heterocycles. The van der Waals surface area contributed by atoms with Crippen LogP contribution in [-0.2, 0) is 9.53 Å². The quantitative estimate of drug-likeness (QED) is 0.589. The maximum absolute atomic E-state index is 13.2. The summed E-state index contributed by atoms with van der Waals surface area (Å²) in [6, 6.07) is 13.7. The van der Waals surface area contributed by atoms with Crippen LogP contribution in [0, 0.1) is 5.92 Å². The number of ether oxygens (including phenoxy) is 1. The number of nitrogens with one attached hydrogen (secondary N) is 1. The predicted molar refractivity (Wildman–Crippen MR) is 127 cm³/mol. The molecule has 1 amide bonds. The van der Waals surface area contributed by atoms with E-state index in [1.54, 1.807) is 12.1 Å². The van der Waals surface area contributed by atoms with Crippen LogP contribution in [-0.4, -0.2) is 50.1 Å². The number of fused-ring (bicyclic) bond motifs is 1. The molecule has 33 heavy (non-hydrogen) atoms. The molecule has 0 radical (unpaired) electrons. The minimum absolute atomic E-state index is 0.0188. The molecule has 2 aromatic carbocycles. The van der Waals surface area contributed by atoms with Crippen molar-refractivity contribution in [2.24, 2.45) is 5.92 Å². The van der Waals surface area contributed by atoms with E-state index < -0.39 is 5.97 Å². The Morgan fingerprint density at radius 2 is 1.79 bits per heavy atom. The first-order valence-electron chi connectivity index (χ1n) is 11.5. The second-order valence-electron chi connectivity index (χ2n) is 8.63. The molecule has 172 valence electrons. The number of nitrogens with zero attached hydrogens (tertiary/aromatic N) is 3. The molecule has 0 unspecified atom stereocenters. The van der Waals surface area contributed by atoms with E-state index in [1.165, 1.54) is 7.11 Å². The number of benzene rings is 2. The molecular weight excluding hydrogens is 420 g/mol. The summed E-state index contributed by atoms with van der Waals surface area (Å²) in [7, 11) is 1.36. The van der Waals surface area contributed by atoms with Gasteiger partial charge < -0.3 is 24.3 Å². The number of carbonyl (C=O) groups excluding carboxylic acids is 2. The highest BCUT2D eigenvalue weighted by atomic mass is 16.5. The summed E-state index contributed by atoms with van der Waals surface area (Å²) in [6.45, 7) is 3.30. The molecule has 0 atom stereocenters. The van der Waals surface area contributed by atoms with Crippen LogP contribution in [0.25, 0.3) is 11.1 Å². The van der Waals surface area contributed by atoms with E-state index in [0.717, 1.165) is 42.7 Å². The third-order valence-corrected chi connectivity index (χ3v) is 6.54. The van der Waals surface area contributed by atoms with Crippen molar-refractivity contribution in [3.63, 3.8) is 0 Å². The number of rotatable bonds is 5. The van der Waals surface area contributed by atoms with Crippen molar-refractivity contribution in [1.29, 1.82) is 0 Å². The molecule has 0 bridgehead atoms. The molecule has 8 heteroatoms. The Balaban J connectivity index is 1.28. The van der Waals surface area contributed by atoms with Crippen molar-refractivity contribution < 1.29 is 18.7 Å². The van der Waals surface area contributed by atoms with Crippen LogP contribution in [0.2, 0.25) is 0 Å². The summed E-state index contributed by atoms with van der Waals surface area (Å²) in [5, 5.41) is 3.11. The topological polar surface area (TPSA) is 87.9 Å². The number of hydrogen-bond acceptors (Lipinski definition) is 7. The molecule has 3 aromatic rings. The molecule has 3 heterocycles. The van der Waals surface area contributed by atoms with Crippen molar-refractivity contribution >= 4 is 40.4 Å². The third kappa shape index (κ3) is 4.37. The number of carbonyl (C=O) groups is 2. The van der Waals surface area contributed by atoms with Gasteiger partial charge in [-0.25, -0.2) is 4.79 Å². The van der Waals surface area contributed by atoms with Crippen LogP contribution in [0.4, 0.5) is 17.4 Å². The predicted octanol–water partition coefficient (Wildman–Crippen LogP) is 4.07. The number of anilines is 3. The van der Waals surface area contributed by atoms with Crippen molar-refractivity contribution in [3.05, 3.63) is 48.0 Å². The molecule has 2 aliphatic rings. The Kier molecular flexibility index (Phi) is 5.90. The van der Waals surface area contributed by atoms with Crippen molar-refractivity contribution in [3.8, 4) is 0 Å². The standard InChI is InChI=1S/C25H28N4O4/c1-32-24(31)18-8-9-21(28-12-4-5-13-28)20(16-18)26-23(30)17-10-14-29(15-11-17)25-27-19-6-2-3-7-22(19)33-25/h2-3,6-9,16-17H,4-5,10-15H2,1H3,(H,26,30). The minimum Gasteiger partial charge on any atom is -0.465 e. The highest BCUT2D eigenvalue weighted by molar-refractivity contribution is 5.99. The molecular formula is C25H28N4O4. The maximum Gasteiger partial charge on any atom is 0.337 e. The van der Waals surface area contributed by atoms with Crippen LogP contribution in [0.15, 0.2) is 46.9 Å². The van der Waals surface area contributed by atoms with Gasteiger partial charge in [0.15, 0.2) is 5.58 Å². The Hall–Kier alpha value is -3.55. The average molecular weight is 449 g/mol. The van der Waals surface area contributed by atoms with Gasteiger partial charge in [-0.1, -0.05) is 12.1 Å². The fourth-order valence-electron chi connectivity index (χ4n) is 4.68. The van der Waals surface area contributed by atoms with Crippen molar-refractivity contribution in [1.82, 2.24) is 4.98 Å². The van der Waals surface area contributed by atoms with Gasteiger partial charge in [0.2, 0.25) is 5.91 Å². The lowest BCUT2D eigenvalue weighted by Gasteiger charge is -2.30. The van der Waals surface area contributed by atoms with Gasteiger partial charge in [-0.3, -0.25) is 4.79 Å². The lowest BCUT2D eigenvalue weighted by Crippen LogP contribution is -2.38. The number of methoxy groups -OCH3 is 1. The maximum atomic E-state index is 13.2. The number of para-hydroxylation sites is 2. The van der Waals surface area contributed by atoms with E-state index in [9.17, 15) is 9.59 Å². The van der Waals surface area contributed by atoms with E-state index in [2.05, 4.69) is 20.1 Å². The highest BCUT2D eigenvalue weighted by Crippen LogP contribution is 2.32. The SMILES string of the molecule is COC(=O)c1ccc(N2CCCC2)c(NC(=O)C2CCN(c3nc4ccccc4o3)CC2)c1. The van der Waals surface area contributed by atoms with Gasteiger partial charge >= 0.3 is 5.97 Å². The largest absolute Gasteiger partial charge is 0.465 e. The Morgan fingerprint density at radius 3 is 2.52 bits per heavy atom. The molecule has 5 rings (SSSR count). The van der Waals surface area contributed by atoms with Gasteiger partial charge in [0.25, 0.3) is 6.01 Å². The molecule has 0 saturated carbocycles. The van der Waals surface area contributed by atoms with Gasteiger partial charge in [-0.15, -0.1) is 0 Å². The summed E-state index contributed by atoms with van der Waals surface area (Å²) in [5.41, 5.74) is 3.67. The number of aromatic nitrogens is 1. The zero-order valence-electron chi connectivity index (χ0n) is 18.8. The van der Waals surface area contributed by atoms with Crippen LogP contribution in [0.3, 0.4) is 0 Å². The van der Waals surface area contributed by atoms with Gasteiger partial charge in [0, 0.05) is 32.1 Å². The molecule has 2 fully saturated rings. The molecule has 8 nitrogen and oxygen atoms in total. The van der Waals surface area contributed by atoms with Gasteiger partial charge in [-0.05, 0) is 56.0 Å². The summed E-state index contributed by atoms with van der Waals surface area (Å²) in [5.74, 6) is -0.543. The first kappa shape index (κ1) is 21.3. The first-order valence-corrected chi connectivity index (χ1v) is 11.5. The summed E-state index contributed by atoms with van der Waals surface area (Å²) in [4.78, 5) is 34.1. The normalized spacial score (nSPS) is 16.9. The Morgan fingerprint density at radius 1 is 1.03 bits per heavy atom. The van der Waals surface area contributed by atoms with Crippen LogP contribution in [0.1, 0.15) is 36.0 Å². The van der Waals surface area contributed by atoms with Crippen molar-refractivity contribution in [2.45, 2.75) is 25.7 Å². The van der Waals surface area contributed by atoms with E-state index in [1.807, 2.05) is 30.3 Å². The van der Waals surface area contributed by atoms with E-state index in [-0.39, 0.29) is 11.8 Å². The average Bonchev–Trinajstić information content (AvgIpc) is 3.54. The molecule has 0 aliphatic carbocycles. The first-order chi connectivity index (χ1) is 16.1. The summed E-state index contributed by atoms with van der Waals surface area (Å²) >= 11 is 0. The number of piperidine rings is 1. The van der Waals surface area contributed by atoms with Gasteiger partial charge in [0.1, 0.15) is 5.52 Å². The Labute approximate surface area is 192 Å². The second-order valence-corrected chi connectivity index (χ2v) is 8.63. The van der Waals surface area contributed by atoms with E-state index in [4.69, 9.17) is 9.15 Å². The number of esters is 1. The fourth-order valence-corrected chi connectivity index (χ4v) is 4.68. The van der Waals surface area contributed by atoms with Crippen LogP contribution >= 0.6 is 0 Å². The summed E-state index contributed by atoms with van der Waals surface area (Å²) in [6.07, 6.45) is 3.67. The zero-order valence-corrected chi connectivity index (χ0v) is 18.8. The zero-order chi connectivity index (χ0) is 22.8. The smallest absolute Gasteiger partial charge is 0.337 e. The lowest BCUT2D eigenvalue weighted by molar-refractivity contribution is -0.120. The monoisotopic (exact) mass is 448 g/mol. The molecule has 0 spiro atoms. The molecule has 2 aliphatic heterocycles. The van der Waals surface area contributed by atoms with Crippen molar-refractivity contribution in [2.75, 3.05) is 48.4 Å². The molecule has 1 N–H and O–H groups in total. The van der Waals surface area contributed by atoms with E-state index >= 15 is 0 Å². The summed E-state index contributed by atoms with van der Waals surface area (Å²) < 4.78 is 10.8. The number of amides is 1.